The van der Waals surface area contributed by atoms with Crippen LogP contribution in [-0.4, -0.2) is 21.0 Å². The predicted molar refractivity (Wildman–Crippen MR) is 69.8 cm³/mol. The number of carbonyl (C=O) groups excluding carboxylic acids is 1. The maximum Gasteiger partial charge on any atom is 0.225 e. The Morgan fingerprint density at radius 1 is 1.33 bits per heavy atom. The first-order chi connectivity index (χ1) is 6.96. The molecule has 0 radical (unpaired) electrons. The Bertz CT molecular complexity index is 327. The van der Waals surface area contributed by atoms with Crippen molar-refractivity contribution >= 4 is 51.8 Å². The van der Waals surface area contributed by atoms with Crippen molar-refractivity contribution in [2.75, 3.05) is 11.5 Å². The summed E-state index contributed by atoms with van der Waals surface area (Å²) in [6.07, 6.45) is 3.97. The van der Waals surface area contributed by atoms with Gasteiger partial charge in [-0.15, -0.1) is 11.8 Å². The zero-order valence-corrected chi connectivity index (χ0v) is 11.5. The van der Waals surface area contributed by atoms with Gasteiger partial charge in [-0.2, -0.15) is 0 Å². The highest BCUT2D eigenvalue weighted by Crippen LogP contribution is 2.54. The summed E-state index contributed by atoms with van der Waals surface area (Å²) < 4.78 is -1.27. The van der Waals surface area contributed by atoms with Gasteiger partial charge in [-0.05, 0) is 17.7 Å². The Morgan fingerprint density at radius 2 is 2.00 bits per heavy atom. The topological polar surface area (TPSA) is 17.1 Å². The first-order valence-electron chi connectivity index (χ1n) is 4.85. The molecule has 0 aromatic heterocycles. The molecule has 0 saturated carbocycles. The number of alkyl halides is 2. The minimum absolute atomic E-state index is 0.103. The molecule has 0 amide bonds. The third kappa shape index (κ3) is 2.08. The van der Waals surface area contributed by atoms with Gasteiger partial charge in [-0.1, -0.05) is 48.0 Å². The molecule has 2 aliphatic rings. The third-order valence-electron chi connectivity index (χ3n) is 2.95. The van der Waals surface area contributed by atoms with Gasteiger partial charge in [-0.25, -0.2) is 0 Å². The lowest BCUT2D eigenvalue weighted by Gasteiger charge is -2.33. The number of fused-ring (bicyclic) bond motifs is 1. The second-order valence-corrected chi connectivity index (χ2v) is 7.70. The third-order valence-corrected chi connectivity index (χ3v) is 6.71. The van der Waals surface area contributed by atoms with Crippen LogP contribution >= 0.6 is 46.7 Å². The van der Waals surface area contributed by atoms with Crippen LogP contribution in [0.3, 0.4) is 0 Å². The van der Waals surface area contributed by atoms with Crippen molar-refractivity contribution < 1.29 is 4.79 Å². The Kier molecular flexibility index (Phi) is 3.38. The maximum absolute atomic E-state index is 11.9. The summed E-state index contributed by atoms with van der Waals surface area (Å²) in [7, 11) is 0. The van der Waals surface area contributed by atoms with E-state index < -0.39 is 9.75 Å². The molecule has 0 N–H and O–H groups in total. The summed E-state index contributed by atoms with van der Waals surface area (Å²) in [6.45, 7) is 1.98. The smallest absolute Gasteiger partial charge is 0.225 e. The van der Waals surface area contributed by atoms with Crippen molar-refractivity contribution in [3.05, 3.63) is 11.0 Å². The van der Waals surface area contributed by atoms with Crippen molar-refractivity contribution in [2.45, 2.75) is 24.1 Å². The van der Waals surface area contributed by atoms with Crippen molar-refractivity contribution in [1.29, 1.82) is 0 Å². The van der Waals surface area contributed by atoms with Crippen molar-refractivity contribution in [3.63, 3.8) is 0 Å². The Hall–Kier alpha value is 0.690. The second kappa shape index (κ2) is 4.17. The fourth-order valence-corrected chi connectivity index (χ4v) is 4.62. The van der Waals surface area contributed by atoms with Crippen LogP contribution in [0, 0.1) is 5.41 Å². The van der Waals surface area contributed by atoms with Gasteiger partial charge in [0, 0.05) is 16.9 Å². The normalized spacial score (nSPS) is 35.4. The first kappa shape index (κ1) is 12.2. The van der Waals surface area contributed by atoms with E-state index in [1.807, 2.05) is 18.7 Å². The highest BCUT2D eigenvalue weighted by Gasteiger charge is 2.52. The molecule has 5 heteroatoms. The molecule has 0 fully saturated rings. The van der Waals surface area contributed by atoms with E-state index in [0.29, 0.717) is 0 Å². The van der Waals surface area contributed by atoms with Crippen LogP contribution < -0.4 is 0 Å². The average Bonchev–Trinajstić information content (AvgIpc) is 2.56. The molecule has 1 aliphatic carbocycles. The standard InChI is InChI=1S/C10H12Cl2OS2/c1-9-3-2-7(6-9)14-4-5-15-8(13)10(9,11)12/h6H,2-5H2,1H3. The van der Waals surface area contributed by atoms with E-state index in [9.17, 15) is 4.79 Å². The van der Waals surface area contributed by atoms with Crippen LogP contribution in [0.5, 0.6) is 0 Å². The fourth-order valence-electron chi connectivity index (χ4n) is 1.87. The number of hydrogen-bond acceptors (Lipinski definition) is 3. The lowest BCUT2D eigenvalue weighted by molar-refractivity contribution is -0.113. The van der Waals surface area contributed by atoms with E-state index in [2.05, 4.69) is 6.08 Å². The van der Waals surface area contributed by atoms with Crippen LogP contribution in [0.1, 0.15) is 19.8 Å². The molecule has 1 atom stereocenters. The van der Waals surface area contributed by atoms with E-state index >= 15 is 0 Å². The fraction of sp³-hybridized carbons (Fsp3) is 0.700. The Balaban J connectivity index is 2.37. The van der Waals surface area contributed by atoms with Crippen LogP contribution in [0.15, 0.2) is 11.0 Å². The zero-order valence-electron chi connectivity index (χ0n) is 8.39. The number of carbonyl (C=O) groups is 1. The highest BCUT2D eigenvalue weighted by atomic mass is 35.5. The largest absolute Gasteiger partial charge is 0.284 e. The van der Waals surface area contributed by atoms with Crippen LogP contribution in [0.25, 0.3) is 0 Å². The molecule has 0 saturated heterocycles. The molecule has 0 aromatic rings. The summed E-state index contributed by atoms with van der Waals surface area (Å²) in [6, 6.07) is 0. The average molecular weight is 283 g/mol. The molecular weight excluding hydrogens is 271 g/mol. The van der Waals surface area contributed by atoms with Crippen LogP contribution in [0.2, 0.25) is 0 Å². The van der Waals surface area contributed by atoms with Crippen molar-refractivity contribution in [1.82, 2.24) is 0 Å². The molecular formula is C10H12Cl2OS2. The monoisotopic (exact) mass is 282 g/mol. The van der Waals surface area contributed by atoms with Gasteiger partial charge in [0.05, 0.1) is 0 Å². The summed E-state index contributed by atoms with van der Waals surface area (Å²) in [4.78, 5) is 13.2. The lowest BCUT2D eigenvalue weighted by Crippen LogP contribution is -2.40. The number of rotatable bonds is 0. The molecule has 1 unspecified atom stereocenters. The number of hydrogen-bond donors (Lipinski definition) is 0. The van der Waals surface area contributed by atoms with Gasteiger partial charge >= 0.3 is 0 Å². The van der Waals surface area contributed by atoms with Gasteiger partial charge in [-0.3, -0.25) is 4.79 Å². The van der Waals surface area contributed by atoms with E-state index in [1.54, 1.807) is 0 Å². The summed E-state index contributed by atoms with van der Waals surface area (Å²) in [5.41, 5.74) is -0.396. The maximum atomic E-state index is 11.9. The molecule has 15 heavy (non-hydrogen) atoms. The van der Waals surface area contributed by atoms with Crippen molar-refractivity contribution in [2.24, 2.45) is 5.41 Å². The summed E-state index contributed by atoms with van der Waals surface area (Å²) in [5, 5.41) is -0.103. The predicted octanol–water partition coefficient (Wildman–Crippen LogP) is 3.85. The Labute approximate surface area is 108 Å². The minimum Gasteiger partial charge on any atom is -0.284 e. The SMILES string of the molecule is CC12C=C(CC1)SCCSC(=O)C2(Cl)Cl. The molecule has 2 bridgehead atoms. The first-order valence-corrected chi connectivity index (χ1v) is 7.58. The van der Waals surface area contributed by atoms with Crippen molar-refractivity contribution in [3.8, 4) is 0 Å². The van der Waals surface area contributed by atoms with Crippen LogP contribution in [-0.2, 0) is 4.79 Å². The minimum atomic E-state index is -1.27. The van der Waals surface area contributed by atoms with E-state index in [4.69, 9.17) is 23.2 Å². The zero-order chi connectivity index (χ0) is 11.1. The van der Waals surface area contributed by atoms with Gasteiger partial charge in [0.1, 0.15) is 0 Å². The molecule has 1 nitrogen and oxygen atoms in total. The number of allylic oxidation sites excluding steroid dienone is 2. The molecule has 0 spiro atoms. The van der Waals surface area contributed by atoms with E-state index in [0.717, 1.165) is 24.3 Å². The van der Waals surface area contributed by atoms with E-state index in [-0.39, 0.29) is 5.12 Å². The second-order valence-electron chi connectivity index (χ2n) is 4.09. The van der Waals surface area contributed by atoms with Gasteiger partial charge in [0.2, 0.25) is 5.12 Å². The molecule has 1 aliphatic heterocycles. The summed E-state index contributed by atoms with van der Waals surface area (Å²) >= 11 is 15.6. The van der Waals surface area contributed by atoms with Gasteiger partial charge < -0.3 is 0 Å². The van der Waals surface area contributed by atoms with Gasteiger partial charge in [0.15, 0.2) is 4.33 Å². The number of halogens is 2. The van der Waals surface area contributed by atoms with Crippen LogP contribution in [0.4, 0.5) is 0 Å². The van der Waals surface area contributed by atoms with E-state index in [1.165, 1.54) is 16.7 Å². The quantitative estimate of drug-likeness (QED) is 0.629. The lowest BCUT2D eigenvalue weighted by atomic mass is 9.86. The molecule has 2 rings (SSSR count). The summed E-state index contributed by atoms with van der Waals surface area (Å²) in [5.74, 6) is 1.75. The molecule has 84 valence electrons. The number of thioether (sulfide) groups is 2. The van der Waals surface area contributed by atoms with Gasteiger partial charge in [0.25, 0.3) is 0 Å². The molecule has 0 aromatic carbocycles. The molecule has 1 heterocycles. The highest BCUT2D eigenvalue weighted by molar-refractivity contribution is 8.15. The Morgan fingerprint density at radius 3 is 2.73 bits per heavy atom.